The standard InChI is InChI=1S/C12H25N3O3/c1-6-7-8-9(10(16)15(5)13)14-11(17)18-12(2,3)4/h9H,6-8,13H2,1-5H3,(H,14,17). The number of likely N-dealkylation sites (N-methyl/N-ethyl adjacent to an activating group) is 1. The number of nitrogens with one attached hydrogen (secondary N) is 1. The Balaban J connectivity index is 4.49. The SMILES string of the molecule is CCCCC(NC(=O)OC(C)(C)C)C(=O)N(C)N. The molecular formula is C12H25N3O3. The lowest BCUT2D eigenvalue weighted by Gasteiger charge is -2.24. The number of unbranched alkanes of at least 4 members (excludes halogenated alkanes) is 1. The maximum Gasteiger partial charge on any atom is 0.408 e. The zero-order valence-corrected chi connectivity index (χ0v) is 11.9. The van der Waals surface area contributed by atoms with Gasteiger partial charge in [0, 0.05) is 7.05 Å². The van der Waals surface area contributed by atoms with E-state index in [-0.39, 0.29) is 5.91 Å². The summed E-state index contributed by atoms with van der Waals surface area (Å²) in [5.74, 6) is 5.08. The van der Waals surface area contributed by atoms with Gasteiger partial charge in [0.2, 0.25) is 0 Å². The molecule has 2 amide bonds. The minimum absolute atomic E-state index is 0.325. The number of carbonyl (C=O) groups excluding carboxylic acids is 2. The third-order valence-corrected chi connectivity index (χ3v) is 2.18. The zero-order chi connectivity index (χ0) is 14.3. The molecule has 0 aromatic heterocycles. The molecular weight excluding hydrogens is 234 g/mol. The predicted molar refractivity (Wildman–Crippen MR) is 69.6 cm³/mol. The maximum absolute atomic E-state index is 11.8. The number of carbonyl (C=O) groups is 2. The Labute approximate surface area is 109 Å². The molecule has 0 aromatic rings. The van der Waals surface area contributed by atoms with Crippen molar-refractivity contribution < 1.29 is 14.3 Å². The van der Waals surface area contributed by atoms with Crippen molar-refractivity contribution in [3.05, 3.63) is 0 Å². The van der Waals surface area contributed by atoms with Crippen LogP contribution in [0.15, 0.2) is 0 Å². The molecule has 0 heterocycles. The monoisotopic (exact) mass is 259 g/mol. The third-order valence-electron chi connectivity index (χ3n) is 2.18. The summed E-state index contributed by atoms with van der Waals surface area (Å²) in [6, 6.07) is -0.630. The zero-order valence-electron chi connectivity index (χ0n) is 11.9. The molecule has 3 N–H and O–H groups in total. The largest absolute Gasteiger partial charge is 0.444 e. The summed E-state index contributed by atoms with van der Waals surface area (Å²) in [6.07, 6.45) is 1.73. The van der Waals surface area contributed by atoms with E-state index in [2.05, 4.69) is 5.32 Å². The second-order valence-corrected chi connectivity index (χ2v) is 5.29. The van der Waals surface area contributed by atoms with Crippen molar-refractivity contribution >= 4 is 12.0 Å². The van der Waals surface area contributed by atoms with Crippen LogP contribution in [0.25, 0.3) is 0 Å². The van der Waals surface area contributed by atoms with Crippen molar-refractivity contribution in [1.82, 2.24) is 10.3 Å². The van der Waals surface area contributed by atoms with Gasteiger partial charge in [-0.15, -0.1) is 0 Å². The predicted octanol–water partition coefficient (Wildman–Crippen LogP) is 1.40. The molecule has 0 radical (unpaired) electrons. The van der Waals surface area contributed by atoms with Gasteiger partial charge in [-0.1, -0.05) is 19.8 Å². The van der Waals surface area contributed by atoms with Gasteiger partial charge in [0.15, 0.2) is 0 Å². The molecule has 0 aromatic carbocycles. The molecule has 18 heavy (non-hydrogen) atoms. The first-order chi connectivity index (χ1) is 8.17. The molecule has 0 rings (SSSR count). The average Bonchev–Trinajstić information content (AvgIpc) is 2.20. The topological polar surface area (TPSA) is 84.7 Å². The maximum atomic E-state index is 11.8. The molecule has 0 saturated carbocycles. The van der Waals surface area contributed by atoms with Gasteiger partial charge in [0.1, 0.15) is 11.6 Å². The van der Waals surface area contributed by atoms with Crippen LogP contribution in [0.5, 0.6) is 0 Å². The summed E-state index contributed by atoms with van der Waals surface area (Å²) in [5, 5.41) is 3.54. The molecule has 0 aliphatic heterocycles. The van der Waals surface area contributed by atoms with Gasteiger partial charge < -0.3 is 10.1 Å². The quantitative estimate of drug-likeness (QED) is 0.444. The van der Waals surface area contributed by atoms with Crippen LogP contribution in [0.3, 0.4) is 0 Å². The number of nitrogens with zero attached hydrogens (tertiary/aromatic N) is 1. The van der Waals surface area contributed by atoms with Gasteiger partial charge in [-0.25, -0.2) is 10.6 Å². The number of alkyl carbamates (subject to hydrolysis) is 1. The number of amides is 2. The Morgan fingerprint density at radius 1 is 1.39 bits per heavy atom. The van der Waals surface area contributed by atoms with Crippen LogP contribution in [0.4, 0.5) is 4.79 Å². The van der Waals surface area contributed by atoms with Crippen molar-refractivity contribution in [2.75, 3.05) is 7.05 Å². The van der Waals surface area contributed by atoms with E-state index >= 15 is 0 Å². The molecule has 0 saturated heterocycles. The number of hydrogen-bond donors (Lipinski definition) is 2. The summed E-state index contributed by atoms with van der Waals surface area (Å²) in [7, 11) is 1.46. The van der Waals surface area contributed by atoms with Crippen LogP contribution in [0, 0.1) is 0 Å². The van der Waals surface area contributed by atoms with E-state index in [1.165, 1.54) is 7.05 Å². The van der Waals surface area contributed by atoms with E-state index < -0.39 is 17.7 Å². The van der Waals surface area contributed by atoms with E-state index in [0.717, 1.165) is 17.9 Å². The molecule has 6 heteroatoms. The number of ether oxygens (including phenoxy) is 1. The fourth-order valence-electron chi connectivity index (χ4n) is 1.36. The number of hydrazine groups is 1. The highest BCUT2D eigenvalue weighted by atomic mass is 16.6. The number of nitrogens with two attached hydrogens (primary N) is 1. The molecule has 0 aliphatic rings. The molecule has 6 nitrogen and oxygen atoms in total. The first-order valence-electron chi connectivity index (χ1n) is 6.19. The summed E-state index contributed by atoms with van der Waals surface area (Å²) < 4.78 is 5.12. The van der Waals surface area contributed by atoms with E-state index in [1.807, 2.05) is 6.92 Å². The van der Waals surface area contributed by atoms with E-state index in [1.54, 1.807) is 20.8 Å². The van der Waals surface area contributed by atoms with Crippen LogP contribution >= 0.6 is 0 Å². The second kappa shape index (κ2) is 7.20. The van der Waals surface area contributed by atoms with Gasteiger partial charge in [-0.2, -0.15) is 0 Å². The molecule has 0 fully saturated rings. The molecule has 1 atom stereocenters. The normalized spacial score (nSPS) is 12.8. The highest BCUT2D eigenvalue weighted by Gasteiger charge is 2.25. The Bertz CT molecular complexity index is 285. The van der Waals surface area contributed by atoms with Crippen LogP contribution in [0.2, 0.25) is 0 Å². The summed E-state index contributed by atoms with van der Waals surface area (Å²) in [5.41, 5.74) is -0.586. The van der Waals surface area contributed by atoms with Gasteiger partial charge >= 0.3 is 6.09 Å². The van der Waals surface area contributed by atoms with Crippen LogP contribution in [-0.2, 0) is 9.53 Å². The second-order valence-electron chi connectivity index (χ2n) is 5.29. The summed E-state index contributed by atoms with van der Waals surface area (Å²) in [6.45, 7) is 7.32. The Hall–Kier alpha value is -1.30. The lowest BCUT2D eigenvalue weighted by atomic mass is 10.1. The van der Waals surface area contributed by atoms with Crippen LogP contribution < -0.4 is 11.2 Å². The molecule has 1 unspecified atom stereocenters. The van der Waals surface area contributed by atoms with Gasteiger partial charge in [0.05, 0.1) is 0 Å². The van der Waals surface area contributed by atoms with E-state index in [9.17, 15) is 9.59 Å². The van der Waals surface area contributed by atoms with Crippen LogP contribution in [-0.4, -0.2) is 35.7 Å². The average molecular weight is 259 g/mol. The highest BCUT2D eigenvalue weighted by molar-refractivity contribution is 5.85. The molecule has 106 valence electrons. The fraction of sp³-hybridized carbons (Fsp3) is 0.833. The van der Waals surface area contributed by atoms with Crippen molar-refractivity contribution in [2.24, 2.45) is 5.84 Å². The van der Waals surface area contributed by atoms with Gasteiger partial charge in [-0.05, 0) is 27.2 Å². The lowest BCUT2D eigenvalue weighted by Crippen LogP contribution is -2.50. The Morgan fingerprint density at radius 2 is 1.94 bits per heavy atom. The minimum Gasteiger partial charge on any atom is -0.444 e. The molecule has 0 aliphatic carbocycles. The third kappa shape index (κ3) is 7.11. The van der Waals surface area contributed by atoms with Crippen molar-refractivity contribution in [3.63, 3.8) is 0 Å². The molecule has 0 spiro atoms. The molecule has 0 bridgehead atoms. The number of rotatable bonds is 5. The Morgan fingerprint density at radius 3 is 2.33 bits per heavy atom. The van der Waals surface area contributed by atoms with E-state index in [4.69, 9.17) is 10.6 Å². The summed E-state index contributed by atoms with van der Waals surface area (Å²) >= 11 is 0. The lowest BCUT2D eigenvalue weighted by molar-refractivity contribution is -0.132. The van der Waals surface area contributed by atoms with Gasteiger partial charge in [0.25, 0.3) is 5.91 Å². The smallest absolute Gasteiger partial charge is 0.408 e. The van der Waals surface area contributed by atoms with Crippen molar-refractivity contribution in [1.29, 1.82) is 0 Å². The highest BCUT2D eigenvalue weighted by Crippen LogP contribution is 2.08. The summed E-state index contributed by atoms with van der Waals surface area (Å²) in [4.78, 5) is 23.4. The van der Waals surface area contributed by atoms with Gasteiger partial charge in [-0.3, -0.25) is 9.80 Å². The minimum atomic E-state index is -0.630. The first kappa shape index (κ1) is 16.7. The first-order valence-corrected chi connectivity index (χ1v) is 6.19. The van der Waals surface area contributed by atoms with Crippen LogP contribution in [0.1, 0.15) is 47.0 Å². The fourth-order valence-corrected chi connectivity index (χ4v) is 1.36. The Kier molecular flexibility index (Phi) is 6.68. The van der Waals surface area contributed by atoms with Crippen molar-refractivity contribution in [2.45, 2.75) is 58.6 Å². The number of hydrogen-bond acceptors (Lipinski definition) is 4. The van der Waals surface area contributed by atoms with E-state index in [0.29, 0.717) is 6.42 Å². The van der Waals surface area contributed by atoms with Crippen molar-refractivity contribution in [3.8, 4) is 0 Å².